The average molecular weight is 334 g/mol. The molecule has 0 atom stereocenters. The van der Waals surface area contributed by atoms with Crippen LogP contribution < -0.4 is 5.32 Å². The van der Waals surface area contributed by atoms with Crippen LogP contribution in [0.25, 0.3) is 10.8 Å². The molecule has 0 bridgehead atoms. The van der Waals surface area contributed by atoms with Crippen LogP contribution in [-0.2, 0) is 0 Å². The van der Waals surface area contributed by atoms with E-state index < -0.39 is 0 Å². The van der Waals surface area contributed by atoms with Crippen molar-refractivity contribution in [2.45, 2.75) is 45.4 Å². The van der Waals surface area contributed by atoms with Crippen LogP contribution in [0.1, 0.15) is 45.4 Å². The van der Waals surface area contributed by atoms with Crippen LogP contribution in [0, 0.1) is 0 Å². The van der Waals surface area contributed by atoms with E-state index in [1.807, 2.05) is 0 Å². The number of halogens is 1. The van der Waals surface area contributed by atoms with Gasteiger partial charge in [0.15, 0.2) is 0 Å². The molecule has 0 radical (unpaired) electrons. The predicted octanol–water partition coefficient (Wildman–Crippen LogP) is 6.37. The number of nitrogens with one attached hydrogen (secondary N) is 1. The standard InChI is InChI=1S/C18H24BrN/c1-2-3-4-5-6-9-14-20-18-13-12-17(19)15-10-7-8-11-16(15)18/h7-8,10-13,20H,2-6,9,14H2,1H3. The van der Waals surface area contributed by atoms with Gasteiger partial charge in [0.2, 0.25) is 0 Å². The first kappa shape index (κ1) is 15.4. The highest BCUT2D eigenvalue weighted by Gasteiger charge is 2.03. The van der Waals surface area contributed by atoms with E-state index in [-0.39, 0.29) is 0 Å². The molecule has 0 unspecified atom stereocenters. The summed E-state index contributed by atoms with van der Waals surface area (Å²) in [6, 6.07) is 12.8. The van der Waals surface area contributed by atoms with Crippen molar-refractivity contribution >= 4 is 32.4 Å². The van der Waals surface area contributed by atoms with Gasteiger partial charge in [0.25, 0.3) is 0 Å². The highest BCUT2D eigenvalue weighted by Crippen LogP contribution is 2.29. The van der Waals surface area contributed by atoms with Gasteiger partial charge in [-0.3, -0.25) is 0 Å². The van der Waals surface area contributed by atoms with Gasteiger partial charge in [0.05, 0.1) is 0 Å². The third-order valence-corrected chi connectivity index (χ3v) is 4.41. The molecule has 2 rings (SSSR count). The van der Waals surface area contributed by atoms with E-state index in [9.17, 15) is 0 Å². The average Bonchev–Trinajstić information content (AvgIpc) is 2.49. The molecule has 0 aliphatic heterocycles. The summed E-state index contributed by atoms with van der Waals surface area (Å²) in [5, 5.41) is 6.16. The molecule has 2 aromatic carbocycles. The van der Waals surface area contributed by atoms with E-state index in [1.165, 1.54) is 59.5 Å². The largest absolute Gasteiger partial charge is 0.385 e. The maximum atomic E-state index is 3.62. The first-order valence-electron chi connectivity index (χ1n) is 7.74. The van der Waals surface area contributed by atoms with Crippen molar-refractivity contribution < 1.29 is 0 Å². The maximum Gasteiger partial charge on any atom is 0.0420 e. The zero-order valence-electron chi connectivity index (χ0n) is 12.3. The summed E-state index contributed by atoms with van der Waals surface area (Å²) in [6.45, 7) is 3.33. The lowest BCUT2D eigenvalue weighted by Gasteiger charge is -2.11. The molecular weight excluding hydrogens is 310 g/mol. The second-order valence-corrected chi connectivity index (χ2v) is 6.19. The molecule has 2 heteroatoms. The van der Waals surface area contributed by atoms with Crippen LogP contribution in [0.4, 0.5) is 5.69 Å². The Labute approximate surface area is 130 Å². The molecule has 0 fully saturated rings. The quantitative estimate of drug-likeness (QED) is 0.553. The number of hydrogen-bond donors (Lipinski definition) is 1. The molecule has 0 amide bonds. The van der Waals surface area contributed by atoms with Crippen molar-refractivity contribution in [3.63, 3.8) is 0 Å². The minimum Gasteiger partial charge on any atom is -0.385 e. The summed E-state index contributed by atoms with van der Waals surface area (Å²) < 4.78 is 1.17. The summed E-state index contributed by atoms with van der Waals surface area (Å²) in [6.07, 6.45) is 8.05. The van der Waals surface area contributed by atoms with E-state index in [2.05, 4.69) is 64.6 Å². The van der Waals surface area contributed by atoms with E-state index >= 15 is 0 Å². The zero-order chi connectivity index (χ0) is 14.2. The fourth-order valence-corrected chi connectivity index (χ4v) is 3.02. The lowest BCUT2D eigenvalue weighted by molar-refractivity contribution is 0.617. The first-order chi connectivity index (χ1) is 9.83. The van der Waals surface area contributed by atoms with Crippen molar-refractivity contribution in [2.75, 3.05) is 11.9 Å². The number of hydrogen-bond acceptors (Lipinski definition) is 1. The van der Waals surface area contributed by atoms with Gasteiger partial charge in [-0.2, -0.15) is 0 Å². The van der Waals surface area contributed by atoms with E-state index in [1.54, 1.807) is 0 Å². The van der Waals surface area contributed by atoms with Crippen LogP contribution in [0.15, 0.2) is 40.9 Å². The topological polar surface area (TPSA) is 12.0 Å². The van der Waals surface area contributed by atoms with Gasteiger partial charge in [-0.05, 0) is 23.9 Å². The number of rotatable bonds is 8. The normalized spacial score (nSPS) is 10.9. The molecule has 0 saturated carbocycles. The minimum atomic E-state index is 1.07. The zero-order valence-corrected chi connectivity index (χ0v) is 13.9. The van der Waals surface area contributed by atoms with Crippen molar-refractivity contribution in [3.8, 4) is 0 Å². The summed E-state index contributed by atoms with van der Waals surface area (Å²) >= 11 is 3.62. The Bertz CT molecular complexity index is 536. The predicted molar refractivity (Wildman–Crippen MR) is 93.5 cm³/mol. The van der Waals surface area contributed by atoms with Gasteiger partial charge < -0.3 is 5.32 Å². The molecule has 108 valence electrons. The van der Waals surface area contributed by atoms with Crippen LogP contribution in [-0.4, -0.2) is 6.54 Å². The third kappa shape index (κ3) is 4.24. The Balaban J connectivity index is 1.86. The number of benzene rings is 2. The molecular formula is C18H24BrN. The molecule has 0 aromatic heterocycles. The Morgan fingerprint density at radius 2 is 1.55 bits per heavy atom. The summed E-state index contributed by atoms with van der Waals surface area (Å²) in [4.78, 5) is 0. The highest BCUT2D eigenvalue weighted by molar-refractivity contribution is 9.10. The highest BCUT2D eigenvalue weighted by atomic mass is 79.9. The van der Waals surface area contributed by atoms with Crippen molar-refractivity contribution in [1.82, 2.24) is 0 Å². The molecule has 0 aliphatic carbocycles. The Kier molecular flexibility index (Phi) is 6.38. The van der Waals surface area contributed by atoms with Crippen LogP contribution >= 0.6 is 15.9 Å². The molecule has 0 saturated heterocycles. The second-order valence-electron chi connectivity index (χ2n) is 5.34. The molecule has 1 nitrogen and oxygen atoms in total. The van der Waals surface area contributed by atoms with Gasteiger partial charge in [0, 0.05) is 22.1 Å². The lowest BCUT2D eigenvalue weighted by Crippen LogP contribution is -2.02. The van der Waals surface area contributed by atoms with E-state index in [0.717, 1.165) is 6.54 Å². The fourth-order valence-electron chi connectivity index (χ4n) is 2.54. The van der Waals surface area contributed by atoms with Gasteiger partial charge in [0.1, 0.15) is 0 Å². The summed E-state index contributed by atoms with van der Waals surface area (Å²) in [5.74, 6) is 0. The first-order valence-corrected chi connectivity index (χ1v) is 8.53. The van der Waals surface area contributed by atoms with Gasteiger partial charge in [-0.1, -0.05) is 79.2 Å². The van der Waals surface area contributed by atoms with Gasteiger partial charge in [-0.15, -0.1) is 0 Å². The lowest BCUT2D eigenvalue weighted by atomic mass is 10.1. The third-order valence-electron chi connectivity index (χ3n) is 3.72. The molecule has 0 spiro atoms. The fraction of sp³-hybridized carbons (Fsp3) is 0.444. The van der Waals surface area contributed by atoms with Crippen LogP contribution in [0.3, 0.4) is 0 Å². The van der Waals surface area contributed by atoms with E-state index in [4.69, 9.17) is 0 Å². The Morgan fingerprint density at radius 1 is 0.850 bits per heavy atom. The van der Waals surface area contributed by atoms with Crippen molar-refractivity contribution in [1.29, 1.82) is 0 Å². The number of unbranched alkanes of at least 4 members (excludes halogenated alkanes) is 5. The number of anilines is 1. The molecule has 1 N–H and O–H groups in total. The van der Waals surface area contributed by atoms with Crippen LogP contribution in [0.2, 0.25) is 0 Å². The van der Waals surface area contributed by atoms with Gasteiger partial charge in [-0.25, -0.2) is 0 Å². The number of fused-ring (bicyclic) bond motifs is 1. The Morgan fingerprint density at radius 3 is 2.35 bits per heavy atom. The van der Waals surface area contributed by atoms with Crippen molar-refractivity contribution in [2.24, 2.45) is 0 Å². The molecule has 2 aromatic rings. The van der Waals surface area contributed by atoms with Crippen molar-refractivity contribution in [3.05, 3.63) is 40.9 Å². The summed E-state index contributed by atoms with van der Waals surface area (Å²) in [7, 11) is 0. The monoisotopic (exact) mass is 333 g/mol. The molecule has 20 heavy (non-hydrogen) atoms. The second kappa shape index (κ2) is 8.31. The minimum absolute atomic E-state index is 1.07. The smallest absolute Gasteiger partial charge is 0.0420 e. The molecule has 0 heterocycles. The molecule has 0 aliphatic rings. The van der Waals surface area contributed by atoms with Gasteiger partial charge >= 0.3 is 0 Å². The van der Waals surface area contributed by atoms with Crippen LogP contribution in [0.5, 0.6) is 0 Å². The Hall–Kier alpha value is -1.02. The van der Waals surface area contributed by atoms with E-state index in [0.29, 0.717) is 0 Å². The SMILES string of the molecule is CCCCCCCCNc1ccc(Br)c2ccccc12. The summed E-state index contributed by atoms with van der Waals surface area (Å²) in [5.41, 5.74) is 1.25. The maximum absolute atomic E-state index is 3.62.